The number of aromatic nitrogens is 3. The zero-order valence-electron chi connectivity index (χ0n) is 11.1. The molecular formula is C15H15BrN4. The van der Waals surface area contributed by atoms with Crippen molar-refractivity contribution in [1.82, 2.24) is 19.9 Å². The van der Waals surface area contributed by atoms with Gasteiger partial charge in [0.25, 0.3) is 0 Å². The van der Waals surface area contributed by atoms with Gasteiger partial charge in [-0.1, -0.05) is 34.1 Å². The van der Waals surface area contributed by atoms with Crippen molar-refractivity contribution in [3.05, 3.63) is 64.7 Å². The van der Waals surface area contributed by atoms with Crippen molar-refractivity contribution in [2.24, 2.45) is 0 Å². The van der Waals surface area contributed by atoms with Crippen LogP contribution in [0.15, 0.2) is 53.5 Å². The van der Waals surface area contributed by atoms with Gasteiger partial charge in [0.1, 0.15) is 0 Å². The topological polar surface area (TPSA) is 42.2 Å². The molecule has 1 unspecified atom stereocenters. The normalized spacial score (nSPS) is 12.7. The quantitative estimate of drug-likeness (QED) is 0.799. The third kappa shape index (κ3) is 2.46. The Labute approximate surface area is 126 Å². The molecule has 1 atom stereocenters. The second-order valence-corrected chi connectivity index (χ2v) is 5.50. The van der Waals surface area contributed by atoms with Crippen LogP contribution in [0.3, 0.4) is 0 Å². The smallest absolute Gasteiger partial charge is 0.0892 e. The monoisotopic (exact) mass is 330 g/mol. The first-order chi connectivity index (χ1) is 9.79. The maximum absolute atomic E-state index is 4.38. The number of halogens is 1. The summed E-state index contributed by atoms with van der Waals surface area (Å²) < 4.78 is 2.99. The van der Waals surface area contributed by atoms with Crippen LogP contribution in [-0.4, -0.2) is 21.6 Å². The van der Waals surface area contributed by atoms with E-state index < -0.39 is 0 Å². The van der Waals surface area contributed by atoms with Crippen molar-refractivity contribution >= 4 is 21.4 Å². The van der Waals surface area contributed by atoms with Crippen molar-refractivity contribution in [3.8, 4) is 0 Å². The largest absolute Gasteiger partial charge is 0.313 e. The molecule has 20 heavy (non-hydrogen) atoms. The highest BCUT2D eigenvalue weighted by molar-refractivity contribution is 9.10. The van der Waals surface area contributed by atoms with Gasteiger partial charge in [-0.25, -0.2) is 4.52 Å². The van der Waals surface area contributed by atoms with Crippen LogP contribution in [0, 0.1) is 0 Å². The highest BCUT2D eigenvalue weighted by atomic mass is 79.9. The zero-order valence-corrected chi connectivity index (χ0v) is 12.7. The van der Waals surface area contributed by atoms with Crippen LogP contribution in [0.5, 0.6) is 0 Å². The summed E-state index contributed by atoms with van der Waals surface area (Å²) in [6.45, 7) is 0. The van der Waals surface area contributed by atoms with Crippen molar-refractivity contribution in [1.29, 1.82) is 0 Å². The fourth-order valence-electron chi connectivity index (χ4n) is 2.37. The molecule has 0 saturated carbocycles. The highest BCUT2D eigenvalue weighted by Crippen LogP contribution is 2.25. The van der Waals surface area contributed by atoms with Crippen LogP contribution in [0.25, 0.3) is 5.52 Å². The average molecular weight is 331 g/mol. The summed E-state index contributed by atoms with van der Waals surface area (Å²) in [6, 6.07) is 8.50. The highest BCUT2D eigenvalue weighted by Gasteiger charge is 2.16. The van der Waals surface area contributed by atoms with Gasteiger partial charge in [0.15, 0.2) is 0 Å². The summed E-state index contributed by atoms with van der Waals surface area (Å²) >= 11 is 3.61. The number of fused-ring (bicyclic) bond motifs is 1. The van der Waals surface area contributed by atoms with Gasteiger partial charge < -0.3 is 5.32 Å². The molecule has 102 valence electrons. The molecule has 0 bridgehead atoms. The van der Waals surface area contributed by atoms with E-state index in [9.17, 15) is 0 Å². The van der Waals surface area contributed by atoms with Gasteiger partial charge in [-0.15, -0.1) is 0 Å². The molecule has 0 spiro atoms. The Balaban J connectivity index is 1.96. The van der Waals surface area contributed by atoms with Crippen molar-refractivity contribution in [2.75, 3.05) is 7.05 Å². The molecule has 2 heterocycles. The van der Waals surface area contributed by atoms with Gasteiger partial charge >= 0.3 is 0 Å². The van der Waals surface area contributed by atoms with Crippen molar-refractivity contribution in [2.45, 2.75) is 12.5 Å². The van der Waals surface area contributed by atoms with Crippen LogP contribution >= 0.6 is 15.9 Å². The first kappa shape index (κ1) is 13.3. The Bertz CT molecular complexity index is 722. The molecule has 0 aliphatic heterocycles. The number of hydrogen-bond acceptors (Lipinski definition) is 3. The summed E-state index contributed by atoms with van der Waals surface area (Å²) in [5.41, 5.74) is 3.48. The molecule has 0 saturated heterocycles. The summed E-state index contributed by atoms with van der Waals surface area (Å²) in [6.07, 6.45) is 8.27. The van der Waals surface area contributed by atoms with Gasteiger partial charge in [-0.2, -0.15) is 5.10 Å². The number of hydrogen-bond donors (Lipinski definition) is 1. The fraction of sp³-hybridized carbons (Fsp3) is 0.200. The fourth-order valence-corrected chi connectivity index (χ4v) is 2.82. The third-order valence-corrected chi connectivity index (χ3v) is 4.23. The zero-order chi connectivity index (χ0) is 13.9. The molecule has 1 N–H and O–H groups in total. The molecule has 0 aliphatic rings. The summed E-state index contributed by atoms with van der Waals surface area (Å²) in [4.78, 5) is 4.19. The maximum Gasteiger partial charge on any atom is 0.0892 e. The van der Waals surface area contributed by atoms with E-state index >= 15 is 0 Å². The van der Waals surface area contributed by atoms with Crippen LogP contribution in [0.1, 0.15) is 17.2 Å². The lowest BCUT2D eigenvalue weighted by molar-refractivity contribution is 0.595. The average Bonchev–Trinajstić information content (AvgIpc) is 2.90. The number of rotatable bonds is 4. The minimum atomic E-state index is 0.204. The minimum Gasteiger partial charge on any atom is -0.313 e. The van der Waals surface area contributed by atoms with E-state index in [1.165, 1.54) is 5.56 Å². The summed E-state index contributed by atoms with van der Waals surface area (Å²) in [5.74, 6) is 0. The lowest BCUT2D eigenvalue weighted by Gasteiger charge is -2.16. The first-order valence-electron chi connectivity index (χ1n) is 6.47. The third-order valence-electron chi connectivity index (χ3n) is 3.46. The first-order valence-corrected chi connectivity index (χ1v) is 7.27. The SMILES string of the molecule is CNC(Cc1ccccc1Br)c1cnn2ccncc12. The van der Waals surface area contributed by atoms with E-state index in [1.807, 2.05) is 36.2 Å². The standard InChI is InChI=1S/C15H15BrN4/c1-17-14(8-11-4-2-3-5-13(11)16)12-9-19-20-7-6-18-10-15(12)20/h2-7,9-10,14,17H,8H2,1H3. The van der Waals surface area contributed by atoms with Gasteiger partial charge in [-0.3, -0.25) is 4.98 Å². The lowest BCUT2D eigenvalue weighted by atomic mass is 10.0. The van der Waals surface area contributed by atoms with E-state index in [4.69, 9.17) is 0 Å². The Morgan fingerprint density at radius 3 is 2.95 bits per heavy atom. The molecule has 1 aromatic carbocycles. The predicted molar refractivity (Wildman–Crippen MR) is 82.6 cm³/mol. The van der Waals surface area contributed by atoms with Crippen molar-refractivity contribution in [3.63, 3.8) is 0 Å². The Morgan fingerprint density at radius 2 is 2.15 bits per heavy atom. The molecule has 2 aromatic heterocycles. The van der Waals surface area contributed by atoms with Gasteiger partial charge in [0, 0.05) is 28.5 Å². The molecule has 0 fully saturated rings. The Hall–Kier alpha value is -1.72. The number of nitrogens with zero attached hydrogens (tertiary/aromatic N) is 3. The molecule has 4 nitrogen and oxygen atoms in total. The Kier molecular flexibility index (Phi) is 3.80. The van der Waals surface area contributed by atoms with Crippen LogP contribution in [0.4, 0.5) is 0 Å². The van der Waals surface area contributed by atoms with Gasteiger partial charge in [0.2, 0.25) is 0 Å². The van der Waals surface area contributed by atoms with E-state index in [1.54, 1.807) is 6.20 Å². The predicted octanol–water partition coefficient (Wildman–Crippen LogP) is 3.00. The van der Waals surface area contributed by atoms with Crippen LogP contribution < -0.4 is 5.32 Å². The molecule has 3 rings (SSSR count). The second kappa shape index (κ2) is 5.73. The summed E-state index contributed by atoms with van der Waals surface area (Å²) in [5, 5.41) is 7.75. The van der Waals surface area contributed by atoms with Crippen LogP contribution in [0.2, 0.25) is 0 Å². The molecule has 0 radical (unpaired) electrons. The van der Waals surface area contributed by atoms with Gasteiger partial charge in [0.05, 0.1) is 17.9 Å². The molecular weight excluding hydrogens is 316 g/mol. The van der Waals surface area contributed by atoms with E-state index in [0.717, 1.165) is 22.0 Å². The number of benzene rings is 1. The van der Waals surface area contributed by atoms with E-state index in [2.05, 4.69) is 49.5 Å². The molecule has 0 amide bonds. The summed E-state index contributed by atoms with van der Waals surface area (Å²) in [7, 11) is 1.97. The number of likely N-dealkylation sites (N-methyl/N-ethyl adjacent to an activating group) is 1. The van der Waals surface area contributed by atoms with E-state index in [0.29, 0.717) is 0 Å². The van der Waals surface area contributed by atoms with Gasteiger partial charge in [-0.05, 0) is 25.1 Å². The molecule has 3 aromatic rings. The lowest BCUT2D eigenvalue weighted by Crippen LogP contribution is -2.19. The molecule has 5 heteroatoms. The van der Waals surface area contributed by atoms with Crippen molar-refractivity contribution < 1.29 is 0 Å². The van der Waals surface area contributed by atoms with E-state index in [-0.39, 0.29) is 6.04 Å². The number of nitrogens with one attached hydrogen (secondary N) is 1. The molecule has 0 aliphatic carbocycles. The maximum atomic E-state index is 4.38. The van der Waals surface area contributed by atoms with Crippen LogP contribution in [-0.2, 0) is 6.42 Å². The Morgan fingerprint density at radius 1 is 1.30 bits per heavy atom. The second-order valence-electron chi connectivity index (χ2n) is 4.64. The minimum absolute atomic E-state index is 0.204.